The van der Waals surface area contributed by atoms with Gasteiger partial charge in [-0.05, 0) is 48.9 Å². The van der Waals surface area contributed by atoms with E-state index in [4.69, 9.17) is 0 Å². The summed E-state index contributed by atoms with van der Waals surface area (Å²) in [7, 11) is 0. The number of rotatable bonds is 2. The van der Waals surface area contributed by atoms with Crippen LogP contribution in [0.1, 0.15) is 59.3 Å². The molecule has 1 heteroatoms. The monoisotopic (exact) mass is 210 g/mol. The summed E-state index contributed by atoms with van der Waals surface area (Å²) in [4.78, 5) is 0. The molecular formula is C14H26O. The highest BCUT2D eigenvalue weighted by Crippen LogP contribution is 2.57. The predicted molar refractivity (Wildman–Crippen MR) is 63.6 cm³/mol. The molecule has 1 nitrogen and oxygen atoms in total. The molecule has 0 aromatic rings. The van der Waals surface area contributed by atoms with Crippen LogP contribution < -0.4 is 0 Å². The molecule has 1 unspecified atom stereocenters. The van der Waals surface area contributed by atoms with E-state index in [-0.39, 0.29) is 6.10 Å². The van der Waals surface area contributed by atoms with Gasteiger partial charge in [0, 0.05) is 0 Å². The van der Waals surface area contributed by atoms with Crippen molar-refractivity contribution in [3.05, 3.63) is 0 Å². The van der Waals surface area contributed by atoms with Gasteiger partial charge in [-0.2, -0.15) is 0 Å². The summed E-state index contributed by atoms with van der Waals surface area (Å²) in [6, 6.07) is 0. The zero-order chi connectivity index (χ0) is 11.1. The summed E-state index contributed by atoms with van der Waals surface area (Å²) in [5.41, 5.74) is 0.451. The maximum absolute atomic E-state index is 10.1. The molecule has 2 saturated carbocycles. The van der Waals surface area contributed by atoms with Gasteiger partial charge in [-0.25, -0.2) is 0 Å². The number of hydrogen-bond acceptors (Lipinski definition) is 1. The Morgan fingerprint density at radius 1 is 1.33 bits per heavy atom. The number of aliphatic hydroxyl groups excluding tert-OH is 1. The molecule has 0 aliphatic heterocycles. The Morgan fingerprint density at radius 2 is 2.07 bits per heavy atom. The molecule has 0 bridgehead atoms. The average Bonchev–Trinajstić information content (AvgIpc) is 2.56. The number of aliphatic hydroxyl groups is 1. The van der Waals surface area contributed by atoms with E-state index in [0.29, 0.717) is 11.3 Å². The van der Waals surface area contributed by atoms with Gasteiger partial charge in [0.05, 0.1) is 6.10 Å². The average molecular weight is 210 g/mol. The molecule has 15 heavy (non-hydrogen) atoms. The molecule has 0 amide bonds. The van der Waals surface area contributed by atoms with Crippen molar-refractivity contribution in [2.45, 2.75) is 65.4 Å². The van der Waals surface area contributed by atoms with E-state index in [1.165, 1.54) is 32.1 Å². The lowest BCUT2D eigenvalue weighted by molar-refractivity contribution is -0.0272. The zero-order valence-electron chi connectivity index (χ0n) is 10.5. The minimum atomic E-state index is -0.00203. The molecule has 0 heterocycles. The Morgan fingerprint density at radius 3 is 2.73 bits per heavy atom. The molecule has 0 spiro atoms. The first-order valence-electron chi connectivity index (χ1n) is 6.77. The second-order valence-electron chi connectivity index (χ2n) is 6.14. The Bertz CT molecular complexity index is 225. The molecule has 2 aliphatic rings. The summed E-state index contributed by atoms with van der Waals surface area (Å²) in [6.07, 6.45) is 7.55. The fraction of sp³-hybridized carbons (Fsp3) is 1.00. The van der Waals surface area contributed by atoms with Crippen LogP contribution in [0.2, 0.25) is 0 Å². The van der Waals surface area contributed by atoms with Crippen molar-refractivity contribution in [3.8, 4) is 0 Å². The van der Waals surface area contributed by atoms with E-state index in [1.54, 1.807) is 0 Å². The van der Waals surface area contributed by atoms with Gasteiger partial charge in [-0.3, -0.25) is 0 Å². The van der Waals surface area contributed by atoms with Gasteiger partial charge in [-0.15, -0.1) is 0 Å². The van der Waals surface area contributed by atoms with Gasteiger partial charge in [0.25, 0.3) is 0 Å². The van der Waals surface area contributed by atoms with Gasteiger partial charge < -0.3 is 5.11 Å². The maximum atomic E-state index is 10.1. The van der Waals surface area contributed by atoms with Crippen molar-refractivity contribution in [2.75, 3.05) is 0 Å². The van der Waals surface area contributed by atoms with Crippen LogP contribution in [-0.4, -0.2) is 11.2 Å². The third kappa shape index (κ3) is 1.73. The van der Waals surface area contributed by atoms with Crippen LogP contribution in [0.25, 0.3) is 0 Å². The highest BCUT2D eigenvalue weighted by atomic mass is 16.3. The van der Waals surface area contributed by atoms with Crippen LogP contribution in [0.15, 0.2) is 0 Å². The third-order valence-corrected chi connectivity index (χ3v) is 5.49. The van der Waals surface area contributed by atoms with Gasteiger partial charge in [0.15, 0.2) is 0 Å². The number of fused-ring (bicyclic) bond motifs is 1. The van der Waals surface area contributed by atoms with Crippen LogP contribution in [0.4, 0.5) is 0 Å². The Balaban J connectivity index is 2.17. The van der Waals surface area contributed by atoms with Crippen LogP contribution in [0.5, 0.6) is 0 Å². The zero-order valence-corrected chi connectivity index (χ0v) is 10.5. The SMILES string of the molecule is CCC(C)[C@H]1CC[C@H]2[C@@H](O)CCC[C@]12C. The summed E-state index contributed by atoms with van der Waals surface area (Å²) < 4.78 is 0. The summed E-state index contributed by atoms with van der Waals surface area (Å²) in [5, 5.41) is 10.1. The molecule has 5 atom stereocenters. The lowest BCUT2D eigenvalue weighted by atomic mass is 9.61. The summed E-state index contributed by atoms with van der Waals surface area (Å²) in [6.45, 7) is 7.16. The van der Waals surface area contributed by atoms with Crippen LogP contribution in [0.3, 0.4) is 0 Å². The lowest BCUT2D eigenvalue weighted by Gasteiger charge is -2.45. The summed E-state index contributed by atoms with van der Waals surface area (Å²) in [5.74, 6) is 2.30. The summed E-state index contributed by atoms with van der Waals surface area (Å²) >= 11 is 0. The van der Waals surface area contributed by atoms with E-state index in [1.807, 2.05) is 0 Å². The van der Waals surface area contributed by atoms with Gasteiger partial charge in [0.1, 0.15) is 0 Å². The van der Waals surface area contributed by atoms with Crippen molar-refractivity contribution >= 4 is 0 Å². The van der Waals surface area contributed by atoms with Crippen molar-refractivity contribution in [3.63, 3.8) is 0 Å². The molecule has 1 N–H and O–H groups in total. The van der Waals surface area contributed by atoms with Crippen molar-refractivity contribution < 1.29 is 5.11 Å². The van der Waals surface area contributed by atoms with Gasteiger partial charge in [0.2, 0.25) is 0 Å². The Kier molecular flexibility index (Phi) is 3.12. The van der Waals surface area contributed by atoms with E-state index >= 15 is 0 Å². The molecule has 88 valence electrons. The first-order chi connectivity index (χ1) is 7.09. The normalized spacial score (nSPS) is 47.6. The van der Waals surface area contributed by atoms with Gasteiger partial charge in [-0.1, -0.05) is 33.6 Å². The minimum Gasteiger partial charge on any atom is -0.393 e. The standard InChI is InChI=1S/C14H26O/c1-4-10(2)11-7-8-12-13(15)6-5-9-14(11,12)3/h10-13,15H,4-9H2,1-3H3/t10?,11-,12+,13+,14-/m1/s1. The van der Waals surface area contributed by atoms with E-state index in [9.17, 15) is 5.11 Å². The highest BCUT2D eigenvalue weighted by molar-refractivity contribution is 5.01. The molecule has 2 fully saturated rings. The molecule has 0 aromatic heterocycles. The highest BCUT2D eigenvalue weighted by Gasteiger charge is 2.51. The largest absolute Gasteiger partial charge is 0.393 e. The fourth-order valence-corrected chi connectivity index (χ4v) is 4.41. The van der Waals surface area contributed by atoms with Crippen molar-refractivity contribution in [1.82, 2.24) is 0 Å². The molecular weight excluding hydrogens is 184 g/mol. The van der Waals surface area contributed by atoms with Crippen LogP contribution in [0, 0.1) is 23.2 Å². The van der Waals surface area contributed by atoms with Crippen LogP contribution >= 0.6 is 0 Å². The van der Waals surface area contributed by atoms with Gasteiger partial charge >= 0.3 is 0 Å². The fourth-order valence-electron chi connectivity index (χ4n) is 4.41. The van der Waals surface area contributed by atoms with Crippen LogP contribution in [-0.2, 0) is 0 Å². The minimum absolute atomic E-state index is 0.00203. The molecule has 2 rings (SSSR count). The second kappa shape index (κ2) is 4.08. The second-order valence-corrected chi connectivity index (χ2v) is 6.14. The molecule has 2 aliphatic carbocycles. The first kappa shape index (κ1) is 11.4. The predicted octanol–water partition coefficient (Wildman–Crippen LogP) is 3.61. The van der Waals surface area contributed by atoms with Crippen molar-refractivity contribution in [2.24, 2.45) is 23.2 Å². The van der Waals surface area contributed by atoms with E-state index < -0.39 is 0 Å². The van der Waals surface area contributed by atoms with Crippen molar-refractivity contribution in [1.29, 1.82) is 0 Å². The maximum Gasteiger partial charge on any atom is 0.0573 e. The van der Waals surface area contributed by atoms with E-state index in [2.05, 4.69) is 20.8 Å². The van der Waals surface area contributed by atoms with E-state index in [0.717, 1.165) is 18.3 Å². The number of hydrogen-bond donors (Lipinski definition) is 1. The molecule has 0 saturated heterocycles. The lowest BCUT2D eigenvalue weighted by Crippen LogP contribution is -2.41. The smallest absolute Gasteiger partial charge is 0.0573 e. The Hall–Kier alpha value is -0.0400. The molecule has 0 aromatic carbocycles. The Labute approximate surface area is 94.3 Å². The quantitative estimate of drug-likeness (QED) is 0.738. The topological polar surface area (TPSA) is 20.2 Å². The first-order valence-corrected chi connectivity index (χ1v) is 6.77. The third-order valence-electron chi connectivity index (χ3n) is 5.49. The molecule has 0 radical (unpaired) electrons.